The van der Waals surface area contributed by atoms with Gasteiger partial charge in [0.05, 0.1) is 0 Å². The van der Waals surface area contributed by atoms with Gasteiger partial charge in [0.1, 0.15) is 18.7 Å². The number of guanidine groups is 1. The number of amides is 1. The second-order valence-electron chi connectivity index (χ2n) is 5.26. The largest absolute Gasteiger partial charge is 0.357 e. The van der Waals surface area contributed by atoms with Gasteiger partial charge in [-0.2, -0.15) is 0 Å². The maximum atomic E-state index is 11.7. The first-order chi connectivity index (χ1) is 10.7. The first-order valence-corrected chi connectivity index (χ1v) is 7.91. The minimum Gasteiger partial charge on any atom is -0.357 e. The van der Waals surface area contributed by atoms with Crippen LogP contribution in [-0.4, -0.2) is 52.3 Å². The molecule has 1 aromatic rings. The molecule has 1 aliphatic rings. The van der Waals surface area contributed by atoms with Gasteiger partial charge >= 0.3 is 0 Å². The number of hydrogen-bond acceptors (Lipinski definition) is 4. The Kier molecular flexibility index (Phi) is 8.89. The Morgan fingerprint density at radius 3 is 2.83 bits per heavy atom. The van der Waals surface area contributed by atoms with Crippen LogP contribution in [0.3, 0.4) is 0 Å². The van der Waals surface area contributed by atoms with Crippen LogP contribution in [0.25, 0.3) is 0 Å². The lowest BCUT2D eigenvalue weighted by Crippen LogP contribution is -2.40. The van der Waals surface area contributed by atoms with Gasteiger partial charge in [-0.05, 0) is 19.8 Å². The van der Waals surface area contributed by atoms with Crippen molar-refractivity contribution < 1.29 is 4.79 Å². The molecule has 130 valence electrons. The maximum Gasteiger partial charge on any atom is 0.242 e. The number of nitrogens with zero attached hydrogens (tertiary/aromatic N) is 4. The molecule has 1 fully saturated rings. The van der Waals surface area contributed by atoms with Gasteiger partial charge < -0.3 is 20.5 Å². The van der Waals surface area contributed by atoms with E-state index in [-0.39, 0.29) is 36.4 Å². The van der Waals surface area contributed by atoms with Crippen molar-refractivity contribution in [2.75, 3.05) is 19.6 Å². The number of aryl methyl sites for hydroxylation is 1. The molecule has 0 spiro atoms. The fourth-order valence-electron chi connectivity index (χ4n) is 2.03. The molecule has 0 bridgehead atoms. The average Bonchev–Trinajstić information content (AvgIpc) is 3.20. The summed E-state index contributed by atoms with van der Waals surface area (Å²) < 4.78 is 2.01. The third-order valence-electron chi connectivity index (χ3n) is 3.32. The summed E-state index contributed by atoms with van der Waals surface area (Å²) in [4.78, 5) is 15.9. The molecule has 1 aromatic heterocycles. The zero-order valence-electron chi connectivity index (χ0n) is 13.7. The molecule has 1 amide bonds. The SMILES string of the molecule is CCNC(=NCC(=O)NC1CC1)NCCn1cnnc1CC.I. The Morgan fingerprint density at radius 1 is 1.39 bits per heavy atom. The summed E-state index contributed by atoms with van der Waals surface area (Å²) in [5.41, 5.74) is 0. The Bertz CT molecular complexity index is 513. The Balaban J connectivity index is 0.00000264. The lowest BCUT2D eigenvalue weighted by atomic mass is 10.4. The van der Waals surface area contributed by atoms with Crippen molar-refractivity contribution in [2.24, 2.45) is 4.99 Å². The number of carbonyl (C=O) groups is 1. The van der Waals surface area contributed by atoms with Crippen molar-refractivity contribution in [1.82, 2.24) is 30.7 Å². The Hall–Kier alpha value is -1.39. The quantitative estimate of drug-likeness (QED) is 0.310. The fourth-order valence-corrected chi connectivity index (χ4v) is 2.03. The van der Waals surface area contributed by atoms with E-state index in [9.17, 15) is 4.79 Å². The van der Waals surface area contributed by atoms with Crippen LogP contribution in [0, 0.1) is 0 Å². The molecule has 0 aliphatic heterocycles. The zero-order chi connectivity index (χ0) is 15.8. The van der Waals surface area contributed by atoms with Crippen molar-refractivity contribution in [3.8, 4) is 0 Å². The highest BCUT2D eigenvalue weighted by Gasteiger charge is 2.22. The van der Waals surface area contributed by atoms with Gasteiger partial charge in [-0.25, -0.2) is 4.99 Å². The van der Waals surface area contributed by atoms with E-state index in [0.29, 0.717) is 18.5 Å². The molecule has 2 rings (SSSR count). The molecule has 0 saturated heterocycles. The van der Waals surface area contributed by atoms with Gasteiger partial charge in [0, 0.05) is 32.1 Å². The molecule has 0 radical (unpaired) electrons. The number of carbonyl (C=O) groups excluding carboxylic acids is 1. The zero-order valence-corrected chi connectivity index (χ0v) is 16.0. The second kappa shape index (κ2) is 10.4. The molecular formula is C14H26IN7O. The van der Waals surface area contributed by atoms with Gasteiger partial charge in [-0.1, -0.05) is 6.92 Å². The third kappa shape index (κ3) is 7.14. The molecule has 0 aromatic carbocycles. The van der Waals surface area contributed by atoms with Crippen LogP contribution in [0.4, 0.5) is 0 Å². The van der Waals surface area contributed by atoms with Gasteiger partial charge in [0.15, 0.2) is 5.96 Å². The predicted molar refractivity (Wildman–Crippen MR) is 100.0 cm³/mol. The highest BCUT2D eigenvalue weighted by molar-refractivity contribution is 14.0. The van der Waals surface area contributed by atoms with Crippen LogP contribution in [-0.2, 0) is 17.8 Å². The highest BCUT2D eigenvalue weighted by atomic mass is 127. The van der Waals surface area contributed by atoms with Gasteiger partial charge in [0.25, 0.3) is 0 Å². The first kappa shape index (κ1) is 19.7. The predicted octanol–water partition coefficient (Wildman–Crippen LogP) is 0.292. The summed E-state index contributed by atoms with van der Waals surface area (Å²) in [5.74, 6) is 1.60. The number of nitrogens with one attached hydrogen (secondary N) is 3. The van der Waals surface area contributed by atoms with E-state index in [1.165, 1.54) is 0 Å². The van der Waals surface area contributed by atoms with Gasteiger partial charge in [-0.3, -0.25) is 4.79 Å². The number of rotatable bonds is 8. The number of halogens is 1. The molecule has 1 aliphatic carbocycles. The minimum atomic E-state index is -0.0215. The van der Waals surface area contributed by atoms with E-state index in [1.807, 2.05) is 11.5 Å². The topological polar surface area (TPSA) is 96.2 Å². The highest BCUT2D eigenvalue weighted by Crippen LogP contribution is 2.18. The fraction of sp³-hybridized carbons (Fsp3) is 0.714. The van der Waals surface area contributed by atoms with Crippen LogP contribution in [0.2, 0.25) is 0 Å². The van der Waals surface area contributed by atoms with Crippen LogP contribution in [0.15, 0.2) is 11.3 Å². The first-order valence-electron chi connectivity index (χ1n) is 7.91. The lowest BCUT2D eigenvalue weighted by molar-refractivity contribution is -0.119. The van der Waals surface area contributed by atoms with E-state index in [0.717, 1.165) is 38.2 Å². The van der Waals surface area contributed by atoms with Crippen molar-refractivity contribution in [3.05, 3.63) is 12.2 Å². The third-order valence-corrected chi connectivity index (χ3v) is 3.32. The summed E-state index contributed by atoms with van der Waals surface area (Å²) in [6.07, 6.45) is 4.77. The number of aliphatic imine (C=N–C) groups is 1. The van der Waals surface area contributed by atoms with Crippen molar-refractivity contribution in [1.29, 1.82) is 0 Å². The maximum absolute atomic E-state index is 11.7. The van der Waals surface area contributed by atoms with Crippen molar-refractivity contribution in [3.63, 3.8) is 0 Å². The van der Waals surface area contributed by atoms with E-state index in [1.54, 1.807) is 6.33 Å². The van der Waals surface area contributed by atoms with Crippen LogP contribution in [0.5, 0.6) is 0 Å². The summed E-state index contributed by atoms with van der Waals surface area (Å²) in [6.45, 7) is 6.41. The minimum absolute atomic E-state index is 0. The molecule has 0 atom stereocenters. The molecule has 23 heavy (non-hydrogen) atoms. The summed E-state index contributed by atoms with van der Waals surface area (Å²) >= 11 is 0. The van der Waals surface area contributed by atoms with E-state index in [4.69, 9.17) is 0 Å². The van der Waals surface area contributed by atoms with Crippen LogP contribution < -0.4 is 16.0 Å². The standard InChI is InChI=1S/C14H25N7O.HI/c1-3-12-20-18-10-21(12)8-7-16-14(15-4-2)17-9-13(22)19-11-5-6-11;/h10-11H,3-9H2,1-2H3,(H,19,22)(H2,15,16,17);1H. The summed E-state index contributed by atoms with van der Waals surface area (Å²) in [7, 11) is 0. The monoisotopic (exact) mass is 435 g/mol. The van der Waals surface area contributed by atoms with E-state index >= 15 is 0 Å². The lowest BCUT2D eigenvalue weighted by Gasteiger charge is -2.12. The van der Waals surface area contributed by atoms with Gasteiger partial charge in [0.2, 0.25) is 5.91 Å². The molecule has 0 unspecified atom stereocenters. The Morgan fingerprint density at radius 2 is 2.17 bits per heavy atom. The average molecular weight is 435 g/mol. The molecule has 9 heteroatoms. The molecule has 1 heterocycles. The molecular weight excluding hydrogens is 409 g/mol. The van der Waals surface area contributed by atoms with Crippen molar-refractivity contribution >= 4 is 35.8 Å². The van der Waals surface area contributed by atoms with Crippen LogP contribution in [0.1, 0.15) is 32.5 Å². The normalized spacial score (nSPS) is 14.1. The smallest absolute Gasteiger partial charge is 0.242 e. The van der Waals surface area contributed by atoms with E-state index in [2.05, 4.69) is 38.1 Å². The molecule has 8 nitrogen and oxygen atoms in total. The van der Waals surface area contributed by atoms with E-state index < -0.39 is 0 Å². The Labute approximate surface area is 153 Å². The molecule has 1 saturated carbocycles. The van der Waals surface area contributed by atoms with Gasteiger partial charge in [-0.15, -0.1) is 34.2 Å². The number of hydrogen-bond donors (Lipinski definition) is 3. The molecule has 3 N–H and O–H groups in total. The second-order valence-corrected chi connectivity index (χ2v) is 5.26. The summed E-state index contributed by atoms with van der Waals surface area (Å²) in [5, 5.41) is 17.2. The summed E-state index contributed by atoms with van der Waals surface area (Å²) in [6, 6.07) is 0.374. The van der Waals surface area contributed by atoms with Crippen molar-refractivity contribution in [2.45, 2.75) is 45.7 Å². The van der Waals surface area contributed by atoms with Crippen LogP contribution >= 0.6 is 24.0 Å². The number of aromatic nitrogens is 3.